The summed E-state index contributed by atoms with van der Waals surface area (Å²) in [5.74, 6) is 0.974. The number of allylic oxidation sites excluding steroid dienone is 2. The first-order valence-corrected chi connectivity index (χ1v) is 10.2. The summed E-state index contributed by atoms with van der Waals surface area (Å²) in [6.45, 7) is 11.9. The summed E-state index contributed by atoms with van der Waals surface area (Å²) in [7, 11) is 0. The van der Waals surface area contributed by atoms with Gasteiger partial charge in [-0.15, -0.1) is 0 Å². The summed E-state index contributed by atoms with van der Waals surface area (Å²) in [5.41, 5.74) is 3.53. The van der Waals surface area contributed by atoms with E-state index in [0.29, 0.717) is 18.4 Å². The van der Waals surface area contributed by atoms with Crippen molar-refractivity contribution in [3.63, 3.8) is 0 Å². The molecule has 2 bridgehead atoms. The number of rotatable bonds is 1. The van der Waals surface area contributed by atoms with Gasteiger partial charge in [-0.05, 0) is 68.6 Å². The molecule has 3 fully saturated rings. The molecule has 0 aromatic rings. The molecule has 0 N–H and O–H groups in total. The van der Waals surface area contributed by atoms with E-state index in [1.165, 1.54) is 38.5 Å². The van der Waals surface area contributed by atoms with Crippen LogP contribution in [0.2, 0.25) is 0 Å². The summed E-state index contributed by atoms with van der Waals surface area (Å²) >= 11 is 0. The lowest BCUT2D eigenvalue weighted by molar-refractivity contribution is -0.310. The van der Waals surface area contributed by atoms with Crippen molar-refractivity contribution in [3.05, 3.63) is 11.1 Å². The molecule has 0 aromatic heterocycles. The molecule has 2 saturated carbocycles. The van der Waals surface area contributed by atoms with Crippen LogP contribution in [0.15, 0.2) is 11.1 Å². The fraction of sp³-hybridized carbons (Fsp3) is 0.864. The number of ether oxygens (including phenoxy) is 2. The van der Waals surface area contributed by atoms with Gasteiger partial charge in [-0.1, -0.05) is 31.9 Å². The minimum Gasteiger partial charge on any atom is -0.454 e. The van der Waals surface area contributed by atoms with Gasteiger partial charge in [0.05, 0.1) is 6.61 Å². The molecule has 25 heavy (non-hydrogen) atoms. The predicted octanol–water partition coefficient (Wildman–Crippen LogP) is 5.04. The molecule has 0 spiro atoms. The molecule has 1 aliphatic heterocycles. The molecule has 3 aliphatic carbocycles. The van der Waals surface area contributed by atoms with Crippen LogP contribution in [0.3, 0.4) is 0 Å². The van der Waals surface area contributed by atoms with Crippen LogP contribution < -0.4 is 0 Å². The molecule has 4 aliphatic rings. The van der Waals surface area contributed by atoms with Gasteiger partial charge in [0, 0.05) is 12.8 Å². The highest BCUT2D eigenvalue weighted by molar-refractivity contribution is 5.67. The normalized spacial score (nSPS) is 45.4. The number of hydrogen-bond acceptors (Lipinski definition) is 3. The third kappa shape index (κ3) is 2.44. The fourth-order valence-corrected chi connectivity index (χ4v) is 6.80. The zero-order valence-electron chi connectivity index (χ0n) is 16.6. The third-order valence-corrected chi connectivity index (χ3v) is 8.45. The molecule has 5 atom stereocenters. The highest BCUT2D eigenvalue weighted by Gasteiger charge is 2.65. The van der Waals surface area contributed by atoms with Crippen LogP contribution in [-0.4, -0.2) is 24.3 Å². The van der Waals surface area contributed by atoms with Gasteiger partial charge in [0.1, 0.15) is 6.10 Å². The third-order valence-electron chi connectivity index (χ3n) is 8.45. The van der Waals surface area contributed by atoms with E-state index in [4.69, 9.17) is 9.47 Å². The fourth-order valence-electron chi connectivity index (χ4n) is 6.80. The number of hydrogen-bond donors (Lipinski definition) is 0. The molecule has 3 heteroatoms. The molecule has 4 rings (SSSR count). The van der Waals surface area contributed by atoms with E-state index in [1.807, 2.05) is 0 Å². The topological polar surface area (TPSA) is 35.5 Å². The summed E-state index contributed by atoms with van der Waals surface area (Å²) in [6, 6.07) is 0. The Hall–Kier alpha value is -0.830. The first-order chi connectivity index (χ1) is 11.7. The van der Waals surface area contributed by atoms with E-state index < -0.39 is 0 Å². The SMILES string of the molecule is CC(=O)O[C@@]12CO[C@@H]1CC[C@@]1(C)CCC3=C(C)CC[C@@H](C[C@@H]12)C3(C)C. The Balaban J connectivity index is 1.75. The summed E-state index contributed by atoms with van der Waals surface area (Å²) in [6.07, 6.45) is 8.48. The summed E-state index contributed by atoms with van der Waals surface area (Å²) < 4.78 is 12.0. The van der Waals surface area contributed by atoms with Crippen LogP contribution in [0.5, 0.6) is 0 Å². The zero-order valence-corrected chi connectivity index (χ0v) is 16.6. The van der Waals surface area contributed by atoms with E-state index in [-0.39, 0.29) is 28.5 Å². The largest absolute Gasteiger partial charge is 0.454 e. The van der Waals surface area contributed by atoms with Crippen molar-refractivity contribution in [1.82, 2.24) is 0 Å². The summed E-state index contributed by atoms with van der Waals surface area (Å²) in [4.78, 5) is 11.9. The maximum absolute atomic E-state index is 11.9. The number of carbonyl (C=O) groups is 1. The predicted molar refractivity (Wildman–Crippen MR) is 98.1 cm³/mol. The highest BCUT2D eigenvalue weighted by atomic mass is 16.6. The van der Waals surface area contributed by atoms with E-state index in [2.05, 4.69) is 27.7 Å². The Morgan fingerprint density at radius 3 is 2.56 bits per heavy atom. The maximum atomic E-state index is 11.9. The minimum absolute atomic E-state index is 0.123. The van der Waals surface area contributed by atoms with Gasteiger partial charge in [0.25, 0.3) is 0 Å². The second-order valence-corrected chi connectivity index (χ2v) is 10.0. The zero-order chi connectivity index (χ0) is 18.0. The summed E-state index contributed by atoms with van der Waals surface area (Å²) in [5, 5.41) is 0. The second kappa shape index (κ2) is 5.58. The average molecular weight is 347 g/mol. The Bertz CT molecular complexity index is 619. The number of esters is 1. The Kier molecular flexibility index (Phi) is 3.92. The van der Waals surface area contributed by atoms with Gasteiger partial charge in [0.2, 0.25) is 0 Å². The van der Waals surface area contributed by atoms with E-state index in [0.717, 1.165) is 6.42 Å². The van der Waals surface area contributed by atoms with Gasteiger partial charge < -0.3 is 9.47 Å². The quantitative estimate of drug-likeness (QED) is 0.493. The van der Waals surface area contributed by atoms with Crippen molar-refractivity contribution in [2.45, 2.75) is 91.3 Å². The molecule has 0 amide bonds. The lowest BCUT2D eigenvalue weighted by atomic mass is 9.49. The van der Waals surface area contributed by atoms with Crippen molar-refractivity contribution in [3.8, 4) is 0 Å². The first-order valence-electron chi connectivity index (χ1n) is 10.2. The van der Waals surface area contributed by atoms with Crippen LogP contribution >= 0.6 is 0 Å². The molecule has 1 heterocycles. The standard InChI is InChI=1S/C22H34O3/c1-14-6-7-16-12-18-21(5,10-8-17(14)20(16,3)4)11-9-19-22(18,13-24-19)25-15(2)23/h16,18-19H,6-13H2,1-5H3/t16-,18-,19+,21+,22+/m0/s1. The van der Waals surface area contributed by atoms with E-state index >= 15 is 0 Å². The van der Waals surface area contributed by atoms with E-state index in [9.17, 15) is 4.79 Å². The molecule has 0 unspecified atom stereocenters. The van der Waals surface area contributed by atoms with Crippen molar-refractivity contribution in [2.75, 3.05) is 6.61 Å². The minimum atomic E-state index is -0.359. The lowest BCUT2D eigenvalue weighted by Gasteiger charge is -2.63. The van der Waals surface area contributed by atoms with Crippen LogP contribution in [0.25, 0.3) is 0 Å². The maximum Gasteiger partial charge on any atom is 0.303 e. The molecule has 0 radical (unpaired) electrons. The van der Waals surface area contributed by atoms with Crippen LogP contribution in [0, 0.1) is 22.7 Å². The second-order valence-electron chi connectivity index (χ2n) is 10.0. The van der Waals surface area contributed by atoms with Gasteiger partial charge in [-0.2, -0.15) is 0 Å². The monoisotopic (exact) mass is 346 g/mol. The molecule has 140 valence electrons. The van der Waals surface area contributed by atoms with Gasteiger partial charge in [-0.25, -0.2) is 0 Å². The van der Waals surface area contributed by atoms with Crippen LogP contribution in [-0.2, 0) is 14.3 Å². The average Bonchev–Trinajstić information content (AvgIpc) is 2.49. The lowest BCUT2D eigenvalue weighted by Crippen LogP contribution is -2.71. The molecule has 1 saturated heterocycles. The van der Waals surface area contributed by atoms with Crippen molar-refractivity contribution < 1.29 is 14.3 Å². The first kappa shape index (κ1) is 17.6. The molecule has 3 nitrogen and oxygen atoms in total. The molecule has 0 aromatic carbocycles. The van der Waals surface area contributed by atoms with Gasteiger partial charge in [-0.3, -0.25) is 4.79 Å². The number of carbonyl (C=O) groups excluding carboxylic acids is 1. The smallest absolute Gasteiger partial charge is 0.303 e. The Morgan fingerprint density at radius 2 is 1.92 bits per heavy atom. The van der Waals surface area contributed by atoms with E-state index in [1.54, 1.807) is 18.1 Å². The van der Waals surface area contributed by atoms with Crippen molar-refractivity contribution in [1.29, 1.82) is 0 Å². The number of fused-ring (bicyclic) bond motifs is 5. The Morgan fingerprint density at radius 1 is 1.16 bits per heavy atom. The van der Waals surface area contributed by atoms with Crippen LogP contribution in [0.1, 0.15) is 79.6 Å². The highest BCUT2D eigenvalue weighted by Crippen LogP contribution is 2.62. The van der Waals surface area contributed by atoms with Crippen molar-refractivity contribution in [2.24, 2.45) is 22.7 Å². The van der Waals surface area contributed by atoms with Crippen LogP contribution in [0.4, 0.5) is 0 Å². The van der Waals surface area contributed by atoms with Crippen molar-refractivity contribution >= 4 is 5.97 Å². The molecular weight excluding hydrogens is 312 g/mol. The molecular formula is C22H34O3. The Labute approximate surface area is 152 Å². The van der Waals surface area contributed by atoms with Gasteiger partial charge >= 0.3 is 5.97 Å². The van der Waals surface area contributed by atoms with Gasteiger partial charge in [0.15, 0.2) is 5.60 Å².